The number of hydrogen-bond acceptors (Lipinski definition) is 6. The van der Waals surface area contributed by atoms with Gasteiger partial charge in [0.25, 0.3) is 0 Å². The molecule has 1 heterocycles. The predicted molar refractivity (Wildman–Crippen MR) is 146 cm³/mol. The highest BCUT2D eigenvalue weighted by Crippen LogP contribution is 2.36. The van der Waals surface area contributed by atoms with Crippen molar-refractivity contribution in [3.8, 4) is 11.5 Å². The van der Waals surface area contributed by atoms with E-state index in [1.54, 1.807) is 29.7 Å². The first-order valence-electron chi connectivity index (χ1n) is 12.4. The zero-order chi connectivity index (χ0) is 29.8. The summed E-state index contributed by atoms with van der Waals surface area (Å²) in [6.07, 6.45) is 0.0898. The standard InChI is InChI=1S/C27H27ClF3N5O5/c28-22-12-9-18(15-21(22)27(29,30)31)34-26(39)33-17-7-10-19(11-8-17)41-20-13-14-32-23(16-20)35-24(37)5-3-1-2-4-6-25(38)36-40/h7-16,40H,1-6H2,(H,36,38)(H,32,35,37)(H2,33,34,39). The van der Waals surface area contributed by atoms with Crippen molar-refractivity contribution in [1.29, 1.82) is 0 Å². The van der Waals surface area contributed by atoms with E-state index >= 15 is 0 Å². The van der Waals surface area contributed by atoms with Crippen molar-refractivity contribution in [2.45, 2.75) is 44.7 Å². The molecule has 14 heteroatoms. The topological polar surface area (TPSA) is 142 Å². The summed E-state index contributed by atoms with van der Waals surface area (Å²) in [6, 6.07) is 11.7. The lowest BCUT2D eigenvalue weighted by Crippen LogP contribution is -2.19. The molecule has 1 aromatic heterocycles. The van der Waals surface area contributed by atoms with E-state index in [9.17, 15) is 27.6 Å². The van der Waals surface area contributed by atoms with Crippen molar-refractivity contribution in [1.82, 2.24) is 10.5 Å². The molecule has 0 radical (unpaired) electrons. The number of rotatable bonds is 12. The van der Waals surface area contributed by atoms with Crippen LogP contribution in [0.4, 0.5) is 35.2 Å². The molecular weight excluding hydrogens is 567 g/mol. The Labute approximate surface area is 238 Å². The van der Waals surface area contributed by atoms with Gasteiger partial charge in [-0.15, -0.1) is 0 Å². The normalized spacial score (nSPS) is 11.0. The van der Waals surface area contributed by atoms with E-state index in [1.165, 1.54) is 24.4 Å². The third-order valence-electron chi connectivity index (χ3n) is 5.56. The van der Waals surface area contributed by atoms with Crippen LogP contribution < -0.4 is 26.2 Å². The minimum absolute atomic E-state index is 0.0792. The summed E-state index contributed by atoms with van der Waals surface area (Å²) < 4.78 is 44.9. The van der Waals surface area contributed by atoms with Gasteiger partial charge < -0.3 is 20.7 Å². The van der Waals surface area contributed by atoms with Gasteiger partial charge in [0.2, 0.25) is 11.8 Å². The Morgan fingerprint density at radius 3 is 2.10 bits per heavy atom. The van der Waals surface area contributed by atoms with Crippen LogP contribution in [-0.4, -0.2) is 28.0 Å². The Balaban J connectivity index is 1.46. The van der Waals surface area contributed by atoms with E-state index in [0.717, 1.165) is 25.0 Å². The molecule has 3 aromatic rings. The van der Waals surface area contributed by atoms with Gasteiger partial charge in [-0.3, -0.25) is 14.8 Å². The number of carbonyl (C=O) groups is 3. The number of ether oxygens (including phenoxy) is 1. The number of pyridine rings is 1. The predicted octanol–water partition coefficient (Wildman–Crippen LogP) is 6.97. The molecule has 3 rings (SSSR count). The Morgan fingerprint density at radius 1 is 0.805 bits per heavy atom. The van der Waals surface area contributed by atoms with E-state index in [-0.39, 0.29) is 24.4 Å². The van der Waals surface area contributed by atoms with Crippen LogP contribution in [0.1, 0.15) is 44.1 Å². The molecule has 0 atom stereocenters. The van der Waals surface area contributed by atoms with Crippen molar-refractivity contribution < 1.29 is 37.5 Å². The lowest BCUT2D eigenvalue weighted by molar-refractivity contribution is -0.137. The number of carbonyl (C=O) groups excluding carboxylic acids is 3. The number of benzene rings is 2. The number of hydroxylamine groups is 1. The highest BCUT2D eigenvalue weighted by Gasteiger charge is 2.33. The van der Waals surface area contributed by atoms with E-state index < -0.39 is 28.7 Å². The van der Waals surface area contributed by atoms with Crippen LogP contribution in [-0.2, 0) is 15.8 Å². The number of nitrogens with zero attached hydrogens (tertiary/aromatic N) is 1. The van der Waals surface area contributed by atoms with Crippen LogP contribution in [0.5, 0.6) is 11.5 Å². The monoisotopic (exact) mass is 593 g/mol. The summed E-state index contributed by atoms with van der Waals surface area (Å²) in [6.45, 7) is 0. The highest BCUT2D eigenvalue weighted by atomic mass is 35.5. The average molecular weight is 594 g/mol. The van der Waals surface area contributed by atoms with Crippen LogP contribution >= 0.6 is 11.6 Å². The summed E-state index contributed by atoms with van der Waals surface area (Å²) in [5, 5.41) is 15.5. The van der Waals surface area contributed by atoms with Crippen LogP contribution in [0.2, 0.25) is 5.02 Å². The van der Waals surface area contributed by atoms with E-state index in [0.29, 0.717) is 35.8 Å². The molecule has 0 aliphatic heterocycles. The fraction of sp³-hybridized carbons (Fsp3) is 0.259. The second-order valence-electron chi connectivity index (χ2n) is 8.77. The molecule has 5 N–H and O–H groups in total. The van der Waals surface area contributed by atoms with Crippen LogP contribution in [0.15, 0.2) is 60.8 Å². The summed E-state index contributed by atoms with van der Waals surface area (Å²) in [5.74, 6) is 0.471. The molecule has 218 valence electrons. The highest BCUT2D eigenvalue weighted by molar-refractivity contribution is 6.31. The van der Waals surface area contributed by atoms with Crippen molar-refractivity contribution in [2.24, 2.45) is 0 Å². The number of anilines is 3. The van der Waals surface area contributed by atoms with Gasteiger partial charge in [0.05, 0.1) is 10.6 Å². The summed E-state index contributed by atoms with van der Waals surface area (Å²) in [4.78, 5) is 39.5. The molecule has 2 aromatic carbocycles. The minimum atomic E-state index is -4.66. The minimum Gasteiger partial charge on any atom is -0.457 e. The number of alkyl halides is 3. The Hall–Kier alpha value is -4.36. The van der Waals surface area contributed by atoms with Crippen molar-refractivity contribution >= 4 is 46.6 Å². The van der Waals surface area contributed by atoms with Gasteiger partial charge in [0, 0.05) is 36.5 Å². The maximum Gasteiger partial charge on any atom is 0.417 e. The molecule has 0 spiro atoms. The zero-order valence-corrected chi connectivity index (χ0v) is 22.3. The third kappa shape index (κ3) is 10.6. The Kier molecular flexibility index (Phi) is 11.3. The zero-order valence-electron chi connectivity index (χ0n) is 21.6. The number of urea groups is 1. The second-order valence-corrected chi connectivity index (χ2v) is 9.18. The van der Waals surface area contributed by atoms with E-state index in [4.69, 9.17) is 21.5 Å². The molecular formula is C27H27ClF3N5O5. The smallest absolute Gasteiger partial charge is 0.417 e. The van der Waals surface area contributed by atoms with Crippen LogP contribution in [0.3, 0.4) is 0 Å². The van der Waals surface area contributed by atoms with Gasteiger partial charge in [-0.25, -0.2) is 15.3 Å². The number of unbranched alkanes of at least 4 members (excludes halogenated alkanes) is 3. The van der Waals surface area contributed by atoms with Crippen molar-refractivity contribution in [2.75, 3.05) is 16.0 Å². The first-order valence-corrected chi connectivity index (χ1v) is 12.8. The summed E-state index contributed by atoms with van der Waals surface area (Å²) in [5.41, 5.74) is 0.798. The van der Waals surface area contributed by atoms with Gasteiger partial charge in [0.1, 0.15) is 17.3 Å². The first kappa shape index (κ1) is 31.2. The van der Waals surface area contributed by atoms with Gasteiger partial charge in [-0.05, 0) is 61.4 Å². The number of halogens is 4. The molecule has 4 amide bonds. The van der Waals surface area contributed by atoms with Gasteiger partial charge in [-0.1, -0.05) is 24.4 Å². The molecule has 41 heavy (non-hydrogen) atoms. The Bertz CT molecular complexity index is 1360. The SMILES string of the molecule is O=C(CCCCCCC(=O)Nc1cc(Oc2ccc(NC(=O)Nc3ccc(Cl)c(C(F)(F)F)c3)cc2)ccn1)NO. The number of nitrogens with one attached hydrogen (secondary N) is 4. The van der Waals surface area contributed by atoms with Crippen LogP contribution in [0, 0.1) is 0 Å². The maximum atomic E-state index is 13.0. The van der Waals surface area contributed by atoms with Crippen molar-refractivity contribution in [3.63, 3.8) is 0 Å². The number of hydrogen-bond donors (Lipinski definition) is 5. The van der Waals surface area contributed by atoms with Crippen molar-refractivity contribution in [3.05, 3.63) is 71.4 Å². The summed E-state index contributed by atoms with van der Waals surface area (Å²) in [7, 11) is 0. The molecule has 0 bridgehead atoms. The molecule has 0 saturated carbocycles. The van der Waals surface area contributed by atoms with Crippen LogP contribution in [0.25, 0.3) is 0 Å². The third-order valence-corrected chi connectivity index (χ3v) is 5.89. The fourth-order valence-electron chi connectivity index (χ4n) is 3.59. The lowest BCUT2D eigenvalue weighted by Gasteiger charge is -2.13. The molecule has 0 fully saturated rings. The van der Waals surface area contributed by atoms with E-state index in [2.05, 4.69) is 20.9 Å². The quantitative estimate of drug-likeness (QED) is 0.0872. The van der Waals surface area contributed by atoms with Gasteiger partial charge >= 0.3 is 12.2 Å². The molecule has 0 unspecified atom stereocenters. The molecule has 0 saturated heterocycles. The molecule has 0 aliphatic rings. The largest absolute Gasteiger partial charge is 0.457 e. The average Bonchev–Trinajstić information content (AvgIpc) is 2.92. The van der Waals surface area contributed by atoms with Gasteiger partial charge in [-0.2, -0.15) is 13.2 Å². The lowest BCUT2D eigenvalue weighted by atomic mass is 10.1. The first-order chi connectivity index (χ1) is 19.5. The number of aromatic nitrogens is 1. The fourth-order valence-corrected chi connectivity index (χ4v) is 3.81. The summed E-state index contributed by atoms with van der Waals surface area (Å²) >= 11 is 5.60. The Morgan fingerprint density at radius 2 is 1.44 bits per heavy atom. The van der Waals surface area contributed by atoms with Gasteiger partial charge in [0.15, 0.2) is 0 Å². The second kappa shape index (κ2) is 14.9. The number of amides is 4. The molecule has 0 aliphatic carbocycles. The maximum absolute atomic E-state index is 13.0. The molecule has 10 nitrogen and oxygen atoms in total. The van der Waals surface area contributed by atoms with E-state index in [1.807, 2.05) is 0 Å².